The summed E-state index contributed by atoms with van der Waals surface area (Å²) in [5, 5.41) is 3.06. The Bertz CT molecular complexity index is 1010. The zero-order chi connectivity index (χ0) is 20.1. The molecule has 3 rings (SSSR count). The SMILES string of the molecule is COc1cc(C)cnc1C(=O)Cc1ccc(F)c(CNc2cccnc2N)c1. The summed E-state index contributed by atoms with van der Waals surface area (Å²) in [5.41, 5.74) is 8.69. The van der Waals surface area contributed by atoms with Crippen molar-refractivity contribution in [3.8, 4) is 5.75 Å². The lowest BCUT2D eigenvalue weighted by atomic mass is 10.0. The molecule has 0 fully saturated rings. The van der Waals surface area contributed by atoms with Crippen molar-refractivity contribution in [1.29, 1.82) is 0 Å². The molecule has 3 N–H and O–H groups in total. The van der Waals surface area contributed by atoms with E-state index in [1.807, 2.05) is 6.92 Å². The summed E-state index contributed by atoms with van der Waals surface area (Å²) in [6.45, 7) is 2.09. The molecule has 0 aliphatic carbocycles. The maximum absolute atomic E-state index is 14.2. The highest BCUT2D eigenvalue weighted by Gasteiger charge is 2.16. The molecule has 2 aromatic heterocycles. The lowest BCUT2D eigenvalue weighted by Crippen LogP contribution is -2.10. The Morgan fingerprint density at radius 1 is 1.25 bits per heavy atom. The van der Waals surface area contributed by atoms with E-state index >= 15 is 0 Å². The van der Waals surface area contributed by atoms with Gasteiger partial charge in [-0.1, -0.05) is 12.1 Å². The first-order chi connectivity index (χ1) is 13.5. The second-order valence-electron chi connectivity index (χ2n) is 6.38. The smallest absolute Gasteiger partial charge is 0.189 e. The third-order valence-electron chi connectivity index (χ3n) is 4.26. The standard InChI is InChI=1S/C21H21FN4O2/c1-13-8-19(28-2)20(26-11-13)18(27)10-14-5-6-16(22)15(9-14)12-25-17-4-3-7-24-21(17)23/h3-9,11,25H,10,12H2,1-2H3,(H2,23,24). The average Bonchev–Trinajstić information content (AvgIpc) is 2.69. The van der Waals surface area contributed by atoms with Crippen molar-refractivity contribution in [3.05, 3.63) is 77.0 Å². The molecule has 0 unspecified atom stereocenters. The largest absolute Gasteiger partial charge is 0.494 e. The molecule has 0 atom stereocenters. The topological polar surface area (TPSA) is 90.1 Å². The van der Waals surface area contributed by atoms with Crippen LogP contribution in [0, 0.1) is 12.7 Å². The number of ether oxygens (including phenoxy) is 1. The highest BCUT2D eigenvalue weighted by atomic mass is 19.1. The fraction of sp³-hybridized carbons (Fsp3) is 0.190. The number of nitrogens with two attached hydrogens (primary N) is 1. The van der Waals surface area contributed by atoms with Crippen LogP contribution in [-0.2, 0) is 13.0 Å². The molecule has 0 radical (unpaired) electrons. The number of nitrogens with one attached hydrogen (secondary N) is 1. The predicted molar refractivity (Wildman–Crippen MR) is 106 cm³/mol. The molecule has 0 aliphatic heterocycles. The minimum Gasteiger partial charge on any atom is -0.494 e. The minimum absolute atomic E-state index is 0.0920. The summed E-state index contributed by atoms with van der Waals surface area (Å²) in [4.78, 5) is 20.8. The van der Waals surface area contributed by atoms with E-state index in [1.54, 1.807) is 42.7 Å². The van der Waals surface area contributed by atoms with Gasteiger partial charge in [0.15, 0.2) is 5.78 Å². The van der Waals surface area contributed by atoms with E-state index in [0.717, 1.165) is 5.56 Å². The van der Waals surface area contributed by atoms with Crippen molar-refractivity contribution >= 4 is 17.3 Å². The van der Waals surface area contributed by atoms with Crippen molar-refractivity contribution in [3.63, 3.8) is 0 Å². The number of nitrogens with zero attached hydrogens (tertiary/aromatic N) is 2. The van der Waals surface area contributed by atoms with Gasteiger partial charge < -0.3 is 15.8 Å². The van der Waals surface area contributed by atoms with Crippen LogP contribution in [-0.4, -0.2) is 22.9 Å². The molecule has 0 amide bonds. The van der Waals surface area contributed by atoms with Crippen LogP contribution < -0.4 is 15.8 Å². The van der Waals surface area contributed by atoms with Crippen molar-refractivity contribution in [2.75, 3.05) is 18.2 Å². The van der Waals surface area contributed by atoms with Gasteiger partial charge in [0.2, 0.25) is 0 Å². The number of carbonyl (C=O) groups is 1. The molecule has 0 bridgehead atoms. The lowest BCUT2D eigenvalue weighted by Gasteiger charge is -2.11. The molecular formula is C21H21FN4O2. The zero-order valence-corrected chi connectivity index (χ0v) is 15.7. The number of carbonyl (C=O) groups excluding carboxylic acids is 1. The number of benzene rings is 1. The highest BCUT2D eigenvalue weighted by Crippen LogP contribution is 2.21. The quantitative estimate of drug-likeness (QED) is 0.609. The van der Waals surface area contributed by atoms with Crippen LogP contribution in [0.3, 0.4) is 0 Å². The summed E-state index contributed by atoms with van der Waals surface area (Å²) < 4.78 is 19.4. The predicted octanol–water partition coefficient (Wildman–Crippen LogP) is 3.55. The van der Waals surface area contributed by atoms with E-state index in [4.69, 9.17) is 10.5 Å². The first-order valence-electron chi connectivity index (χ1n) is 8.73. The monoisotopic (exact) mass is 380 g/mol. The fourth-order valence-electron chi connectivity index (χ4n) is 2.81. The van der Waals surface area contributed by atoms with E-state index in [0.29, 0.717) is 28.4 Å². The van der Waals surface area contributed by atoms with Gasteiger partial charge in [-0.25, -0.2) is 14.4 Å². The van der Waals surface area contributed by atoms with Gasteiger partial charge in [0, 0.05) is 30.9 Å². The molecule has 144 valence electrons. The molecule has 0 saturated carbocycles. The van der Waals surface area contributed by atoms with Gasteiger partial charge in [-0.3, -0.25) is 4.79 Å². The van der Waals surface area contributed by atoms with Gasteiger partial charge in [-0.15, -0.1) is 0 Å². The molecule has 0 saturated heterocycles. The van der Waals surface area contributed by atoms with Crippen molar-refractivity contribution in [2.45, 2.75) is 19.9 Å². The van der Waals surface area contributed by atoms with Gasteiger partial charge in [-0.05, 0) is 42.3 Å². The van der Waals surface area contributed by atoms with E-state index in [1.165, 1.54) is 13.2 Å². The number of aromatic nitrogens is 2. The number of aryl methyl sites for hydroxylation is 1. The Balaban J connectivity index is 1.76. The third kappa shape index (κ3) is 4.43. The van der Waals surface area contributed by atoms with E-state index < -0.39 is 0 Å². The molecule has 0 aliphatic rings. The van der Waals surface area contributed by atoms with Crippen LogP contribution in [0.1, 0.15) is 27.2 Å². The maximum Gasteiger partial charge on any atom is 0.189 e. The van der Waals surface area contributed by atoms with Gasteiger partial charge in [0.1, 0.15) is 23.1 Å². The van der Waals surface area contributed by atoms with E-state index in [9.17, 15) is 9.18 Å². The van der Waals surface area contributed by atoms with Crippen LogP contribution in [0.5, 0.6) is 5.75 Å². The zero-order valence-electron chi connectivity index (χ0n) is 15.7. The second-order valence-corrected chi connectivity index (χ2v) is 6.38. The Morgan fingerprint density at radius 3 is 2.82 bits per heavy atom. The first kappa shape index (κ1) is 19.3. The Morgan fingerprint density at radius 2 is 2.07 bits per heavy atom. The molecule has 2 heterocycles. The molecule has 3 aromatic rings. The Labute approximate surface area is 162 Å². The number of halogens is 1. The number of anilines is 2. The van der Waals surface area contributed by atoms with Crippen molar-refractivity contribution in [2.24, 2.45) is 0 Å². The summed E-state index contributed by atoms with van der Waals surface area (Å²) >= 11 is 0. The molecule has 28 heavy (non-hydrogen) atoms. The number of hydrogen-bond donors (Lipinski definition) is 2. The van der Waals surface area contributed by atoms with Gasteiger partial charge >= 0.3 is 0 Å². The van der Waals surface area contributed by atoms with E-state index in [2.05, 4.69) is 15.3 Å². The lowest BCUT2D eigenvalue weighted by molar-refractivity contribution is 0.0985. The first-order valence-corrected chi connectivity index (χ1v) is 8.73. The van der Waals surface area contributed by atoms with Crippen molar-refractivity contribution in [1.82, 2.24) is 9.97 Å². The fourth-order valence-corrected chi connectivity index (χ4v) is 2.81. The minimum atomic E-state index is -0.364. The van der Waals surface area contributed by atoms with Crippen LogP contribution in [0.4, 0.5) is 15.9 Å². The van der Waals surface area contributed by atoms with Gasteiger partial charge in [0.05, 0.1) is 12.8 Å². The molecule has 6 nitrogen and oxygen atoms in total. The summed E-state index contributed by atoms with van der Waals surface area (Å²) in [7, 11) is 1.50. The van der Waals surface area contributed by atoms with Gasteiger partial charge in [-0.2, -0.15) is 0 Å². The van der Waals surface area contributed by atoms with Gasteiger partial charge in [0.25, 0.3) is 0 Å². The Hall–Kier alpha value is -3.48. The Kier molecular flexibility index (Phi) is 5.84. The number of ketones is 1. The maximum atomic E-state index is 14.2. The molecular weight excluding hydrogens is 359 g/mol. The third-order valence-corrected chi connectivity index (χ3v) is 4.26. The molecule has 1 aromatic carbocycles. The number of hydrogen-bond acceptors (Lipinski definition) is 6. The highest BCUT2D eigenvalue weighted by molar-refractivity contribution is 5.98. The number of pyridine rings is 2. The summed E-state index contributed by atoms with van der Waals surface area (Å²) in [6.07, 6.45) is 3.30. The molecule has 0 spiro atoms. The second kappa shape index (κ2) is 8.47. The number of Topliss-reactive ketones (excluding diaryl/α,β-unsaturated/α-hetero) is 1. The average molecular weight is 380 g/mol. The molecule has 7 heteroatoms. The normalized spacial score (nSPS) is 10.5. The van der Waals surface area contributed by atoms with Crippen LogP contribution in [0.15, 0.2) is 48.8 Å². The number of nitrogen functional groups attached to an aromatic ring is 1. The number of rotatable bonds is 7. The summed E-state index contributed by atoms with van der Waals surface area (Å²) in [5.74, 6) is 0.212. The number of methoxy groups -OCH3 is 1. The van der Waals surface area contributed by atoms with Crippen LogP contribution in [0.2, 0.25) is 0 Å². The van der Waals surface area contributed by atoms with Crippen LogP contribution >= 0.6 is 0 Å². The summed E-state index contributed by atoms with van der Waals surface area (Å²) in [6, 6.07) is 9.88. The van der Waals surface area contributed by atoms with Crippen molar-refractivity contribution < 1.29 is 13.9 Å². The van der Waals surface area contributed by atoms with Crippen LogP contribution in [0.25, 0.3) is 0 Å². The van der Waals surface area contributed by atoms with E-state index in [-0.39, 0.29) is 30.3 Å².